The van der Waals surface area contributed by atoms with Crippen LogP contribution in [-0.2, 0) is 70.4 Å². The number of Topliss-reactive ketones (excluding diaryl/α,β-unsaturated/α-hetero) is 3. The van der Waals surface area contributed by atoms with Gasteiger partial charge in [0.25, 0.3) is 11.8 Å². The summed E-state index contributed by atoms with van der Waals surface area (Å²) in [5.74, 6) is -6.84. The Hall–Kier alpha value is -8.30. The first-order chi connectivity index (χ1) is 48.6. The lowest BCUT2D eigenvalue weighted by atomic mass is 9.83. The number of nitrogens with one attached hydrogen (secondary N) is 3. The molecule has 0 aliphatic carbocycles. The molecular weight excluding hydrogens is 1330 g/mol. The summed E-state index contributed by atoms with van der Waals surface area (Å²) in [4.78, 5) is 165. The average molecular weight is 1430 g/mol. The quantitative estimate of drug-likeness (QED) is 0.0237. The molecular formula is C76H107N9O16S. The normalized spacial score (nSPS) is 16.6. The van der Waals surface area contributed by atoms with Crippen LogP contribution in [0.3, 0.4) is 0 Å². The highest BCUT2D eigenvalue weighted by Gasteiger charge is 2.45. The van der Waals surface area contributed by atoms with E-state index in [0.29, 0.717) is 48.5 Å². The molecule has 25 nitrogen and oxygen atoms in total. The monoisotopic (exact) mass is 1430 g/mol. The van der Waals surface area contributed by atoms with E-state index in [1.807, 2.05) is 76.9 Å². The highest BCUT2D eigenvalue weighted by molar-refractivity contribution is 7.09. The average Bonchev–Trinajstić information content (AvgIpc) is 1.59. The van der Waals surface area contributed by atoms with Gasteiger partial charge in [-0.3, -0.25) is 48.0 Å². The molecule has 5 N–H and O–H groups in total. The number of aromatic nitrogens is 1. The Balaban J connectivity index is 1.02. The lowest BCUT2D eigenvalue weighted by Gasteiger charge is -2.41. The zero-order valence-corrected chi connectivity index (χ0v) is 62.3. The van der Waals surface area contributed by atoms with Crippen molar-refractivity contribution in [3.63, 3.8) is 0 Å². The third-order valence-corrected chi connectivity index (χ3v) is 20.5. The predicted octanol–water partition coefficient (Wildman–Crippen LogP) is 9.61. The summed E-state index contributed by atoms with van der Waals surface area (Å²) >= 11 is 1.53. The second kappa shape index (κ2) is 40.5. The van der Waals surface area contributed by atoms with E-state index in [-0.39, 0.29) is 142 Å². The zero-order valence-electron chi connectivity index (χ0n) is 61.5. The molecule has 9 amide bonds. The standard InChI is InChI=1S/C76H107N9O16S/c1-14-49(8)68(63(97-12)44-65(90)84-35-21-27-59(84)69(98-13)50(9)60(86)42-54(71-78-34-39-102-71)40-51-22-16-15-17-23-51)82(10)72(92)58(46(2)3)43-62(88)67(48(6)7)83(11)76(96)100-45-52-28-30-55(31-29-52)80-70(91)53(24-20-33-79-75(77)95)41-61(87)66(47(4)5)81-64(89)32-36-99-37-38-101-85-73(93)56-25-18-19-26-57(56)74(85)94/h15-19,22-23,25-26,28-31,34,39,46-50,53-54,58-59,63,66-69H,14,20-21,24,27,32-33,35-38,40-45H2,1-13H3,(H,80,91)(H,81,89)(H3,77,79,95)/t49-,50-,53+,54+,58-,59-,63+,66-,67-,68-,69+/m0/s1. The third-order valence-electron chi connectivity index (χ3n) is 19.6. The second-order valence-electron chi connectivity index (χ2n) is 27.8. The molecule has 0 radical (unpaired) electrons. The van der Waals surface area contributed by atoms with Crippen LogP contribution in [0.15, 0.2) is 90.4 Å². The summed E-state index contributed by atoms with van der Waals surface area (Å²) in [6, 6.07) is 19.3. The van der Waals surface area contributed by atoms with Gasteiger partial charge in [-0.2, -0.15) is 0 Å². The number of carbonyl (C=O) groups excluding carboxylic acids is 11. The lowest BCUT2D eigenvalue weighted by Crippen LogP contribution is -2.54. The van der Waals surface area contributed by atoms with Crippen LogP contribution in [0.4, 0.5) is 15.3 Å². The van der Waals surface area contributed by atoms with Crippen molar-refractivity contribution in [3.05, 3.63) is 118 Å². The summed E-state index contributed by atoms with van der Waals surface area (Å²) in [6.45, 7) is 17.0. The van der Waals surface area contributed by atoms with Crippen molar-refractivity contribution in [1.29, 1.82) is 0 Å². The Morgan fingerprint density at radius 1 is 0.735 bits per heavy atom. The highest BCUT2D eigenvalue weighted by atomic mass is 32.1. The van der Waals surface area contributed by atoms with Crippen LogP contribution in [-0.4, -0.2) is 187 Å². The number of ether oxygens (including phenoxy) is 4. The van der Waals surface area contributed by atoms with Crippen LogP contribution in [0.5, 0.6) is 0 Å². The van der Waals surface area contributed by atoms with Crippen molar-refractivity contribution in [2.45, 2.75) is 182 Å². The van der Waals surface area contributed by atoms with Gasteiger partial charge in [-0.25, -0.2) is 14.6 Å². The summed E-state index contributed by atoms with van der Waals surface area (Å²) in [6.07, 6.45) is 2.51. The number of urea groups is 1. The van der Waals surface area contributed by atoms with Gasteiger partial charge in [-0.05, 0) is 91.2 Å². The molecule has 3 aromatic carbocycles. The smallest absolute Gasteiger partial charge is 0.410 e. The molecule has 2 aliphatic rings. The van der Waals surface area contributed by atoms with E-state index in [2.05, 4.69) is 33.1 Å². The van der Waals surface area contributed by atoms with E-state index < -0.39 is 89.6 Å². The number of carbonyl (C=O) groups is 11. The van der Waals surface area contributed by atoms with E-state index in [1.165, 1.54) is 42.5 Å². The Kier molecular flexibility index (Phi) is 32.8. The first-order valence-corrected chi connectivity index (χ1v) is 36.4. The largest absolute Gasteiger partial charge is 0.445 e. The number of likely N-dealkylation sites (N-methyl/N-ethyl adjacent to an activating group) is 2. The number of fused-ring (bicyclic) bond motifs is 1. The maximum atomic E-state index is 15.0. The molecule has 0 spiro atoms. The summed E-state index contributed by atoms with van der Waals surface area (Å²) in [7, 11) is 6.30. The summed E-state index contributed by atoms with van der Waals surface area (Å²) < 4.78 is 23.6. The molecule has 2 aliphatic heterocycles. The predicted molar refractivity (Wildman–Crippen MR) is 385 cm³/mol. The topological polar surface area (TPSA) is 322 Å². The van der Waals surface area contributed by atoms with E-state index in [4.69, 9.17) is 29.5 Å². The van der Waals surface area contributed by atoms with Crippen molar-refractivity contribution in [2.75, 3.05) is 66.5 Å². The number of nitrogens with two attached hydrogens (primary N) is 1. The molecule has 0 saturated carbocycles. The maximum Gasteiger partial charge on any atom is 0.410 e. The molecule has 1 aromatic heterocycles. The fourth-order valence-electron chi connectivity index (χ4n) is 13.7. The molecule has 1 saturated heterocycles. The summed E-state index contributed by atoms with van der Waals surface area (Å²) in [5, 5.41) is 11.6. The van der Waals surface area contributed by atoms with Crippen LogP contribution in [0.25, 0.3) is 0 Å². The van der Waals surface area contributed by atoms with Crippen molar-refractivity contribution in [3.8, 4) is 0 Å². The number of nitrogens with zero attached hydrogens (tertiary/aromatic N) is 5. The first-order valence-electron chi connectivity index (χ1n) is 35.6. The second-order valence-corrected chi connectivity index (χ2v) is 28.7. The van der Waals surface area contributed by atoms with Gasteiger partial charge in [0, 0.05) is 108 Å². The van der Waals surface area contributed by atoms with E-state index in [1.54, 1.807) is 75.5 Å². The number of likely N-dealkylation sites (tertiary alicyclic amines) is 1. The number of methoxy groups -OCH3 is 2. The minimum absolute atomic E-state index is 0.0327. The maximum absolute atomic E-state index is 15.0. The van der Waals surface area contributed by atoms with Crippen LogP contribution in [0, 0.1) is 41.4 Å². The fourth-order valence-corrected chi connectivity index (χ4v) is 14.5. The number of rotatable bonds is 43. The number of primary amides is 1. The Labute approximate surface area is 604 Å². The van der Waals surface area contributed by atoms with Crippen LogP contribution in [0.2, 0.25) is 0 Å². The van der Waals surface area contributed by atoms with Gasteiger partial charge in [-0.15, -0.1) is 16.4 Å². The Morgan fingerprint density at radius 3 is 1.99 bits per heavy atom. The van der Waals surface area contributed by atoms with E-state index >= 15 is 0 Å². The van der Waals surface area contributed by atoms with Crippen molar-refractivity contribution in [2.24, 2.45) is 47.2 Å². The van der Waals surface area contributed by atoms with Crippen molar-refractivity contribution in [1.82, 2.24) is 35.4 Å². The fraction of sp³-hybridized carbons (Fsp3) is 0.579. The molecule has 11 atom stereocenters. The Bertz CT molecular complexity index is 3410. The molecule has 558 valence electrons. The summed E-state index contributed by atoms with van der Waals surface area (Å²) in [5.41, 5.74) is 7.78. The first kappa shape index (κ1) is 82.7. The van der Waals surface area contributed by atoms with Gasteiger partial charge < -0.3 is 55.3 Å². The number of benzene rings is 3. The van der Waals surface area contributed by atoms with Gasteiger partial charge in [0.15, 0.2) is 11.6 Å². The minimum atomic E-state index is -0.972. The Morgan fingerprint density at radius 2 is 1.40 bits per heavy atom. The third kappa shape index (κ3) is 23.1. The van der Waals surface area contributed by atoms with Gasteiger partial charge in [-0.1, -0.05) is 123 Å². The molecule has 4 aromatic rings. The minimum Gasteiger partial charge on any atom is -0.445 e. The molecule has 26 heteroatoms. The number of anilines is 1. The van der Waals surface area contributed by atoms with Crippen molar-refractivity contribution >= 4 is 81.9 Å². The van der Waals surface area contributed by atoms with Crippen LogP contribution >= 0.6 is 11.3 Å². The molecule has 3 heterocycles. The molecule has 6 rings (SSSR count). The van der Waals surface area contributed by atoms with Gasteiger partial charge in [0.2, 0.25) is 23.6 Å². The molecule has 0 bridgehead atoms. The SMILES string of the molecule is CC[C@H](C)[C@@H]([C@@H](CC(=O)N1CCC[C@H]1[C@H](OC)[C@@H](C)C(=O)C[C@@H](Cc1ccccc1)c1nccs1)OC)N(C)C(=O)[C@@H](CC(=O)[C@H](C(C)C)N(C)C(=O)OCc1ccc(NC(=O)[C@H](CCCNC(N)=O)CC(=O)[C@@H](NC(=O)CCOCCON2C(=O)c3ccccc3C2=O)C(C)C)cc1)C(C)C. The van der Waals surface area contributed by atoms with Gasteiger partial charge >= 0.3 is 12.1 Å². The number of thiazole rings is 1. The van der Waals surface area contributed by atoms with Crippen LogP contribution < -0.4 is 21.7 Å². The highest BCUT2D eigenvalue weighted by Crippen LogP contribution is 2.35. The van der Waals surface area contributed by atoms with Gasteiger partial charge in [0.05, 0.1) is 78.8 Å². The number of imide groups is 1. The molecule has 0 unspecified atom stereocenters. The molecule has 102 heavy (non-hydrogen) atoms. The van der Waals surface area contributed by atoms with E-state index in [0.717, 1.165) is 17.0 Å². The number of amides is 9. The number of ketones is 3. The molecule has 1 fully saturated rings. The van der Waals surface area contributed by atoms with Crippen molar-refractivity contribution < 1.29 is 76.5 Å². The zero-order chi connectivity index (χ0) is 74.9. The number of hydrogen-bond donors (Lipinski definition) is 4. The van der Waals surface area contributed by atoms with E-state index in [9.17, 15) is 52.7 Å². The number of hydroxylamine groups is 2. The van der Waals surface area contributed by atoms with Gasteiger partial charge in [0.1, 0.15) is 12.4 Å². The van der Waals surface area contributed by atoms with Crippen LogP contribution in [0.1, 0.15) is 169 Å². The lowest BCUT2D eigenvalue weighted by molar-refractivity contribution is -0.149. The number of hydrogen-bond acceptors (Lipinski definition) is 18.